The summed E-state index contributed by atoms with van der Waals surface area (Å²) in [4.78, 5) is 16.6. The minimum Gasteiger partial charge on any atom is -0.493 e. The molecular weight excluding hydrogens is 390 g/mol. The summed E-state index contributed by atoms with van der Waals surface area (Å²) in [5, 5.41) is 0.692. The first kappa shape index (κ1) is 19.8. The zero-order valence-electron chi connectivity index (χ0n) is 16.8. The first-order valence-electron chi connectivity index (χ1n) is 9.77. The molecule has 0 aromatic heterocycles. The number of halogens is 1. The number of esters is 1. The number of hydrogen-bond acceptors (Lipinski definition) is 5. The molecule has 0 radical (unpaired) electrons. The van der Waals surface area contributed by atoms with Gasteiger partial charge in [-0.15, -0.1) is 0 Å². The maximum atomic E-state index is 11.5. The second-order valence-electron chi connectivity index (χ2n) is 7.50. The summed E-state index contributed by atoms with van der Waals surface area (Å²) >= 11 is 6.09. The smallest absolute Gasteiger partial charge is 0.302 e. The third-order valence-electron chi connectivity index (χ3n) is 5.72. The molecule has 0 amide bonds. The van der Waals surface area contributed by atoms with Crippen molar-refractivity contribution in [3.05, 3.63) is 58.1 Å². The molecule has 4 rings (SSSR count). The van der Waals surface area contributed by atoms with E-state index < -0.39 is 0 Å². The molecule has 0 saturated heterocycles. The lowest BCUT2D eigenvalue weighted by Crippen LogP contribution is -2.36. The fraction of sp³-hybridized carbons (Fsp3) is 0.391. The van der Waals surface area contributed by atoms with Crippen LogP contribution in [-0.2, 0) is 9.53 Å². The van der Waals surface area contributed by atoms with Crippen LogP contribution in [0.15, 0.2) is 41.4 Å². The highest BCUT2D eigenvalue weighted by Crippen LogP contribution is 2.45. The number of benzene rings is 2. The van der Waals surface area contributed by atoms with Crippen molar-refractivity contribution >= 4 is 23.3 Å². The molecule has 1 fully saturated rings. The summed E-state index contributed by atoms with van der Waals surface area (Å²) in [5.74, 6) is 1.29. The zero-order valence-corrected chi connectivity index (χ0v) is 17.5. The van der Waals surface area contributed by atoms with Crippen LogP contribution in [0.3, 0.4) is 0 Å². The van der Waals surface area contributed by atoms with Crippen molar-refractivity contribution in [3.63, 3.8) is 0 Å². The van der Waals surface area contributed by atoms with Crippen molar-refractivity contribution < 1.29 is 19.0 Å². The maximum Gasteiger partial charge on any atom is 0.302 e. The van der Waals surface area contributed by atoms with Crippen LogP contribution in [0.5, 0.6) is 11.5 Å². The van der Waals surface area contributed by atoms with E-state index in [2.05, 4.69) is 0 Å². The standard InChI is InChI=1S/C23H24ClNO4/c1-13(26)29-16-8-9-20-18(10-16)17-11-21(27-2)22(28-3)12-19(17)23(25-20)14-4-6-15(24)7-5-14/h4-7,11-12,16,18,20H,8-10H2,1-3H3. The molecule has 3 unspecified atom stereocenters. The van der Waals surface area contributed by atoms with Crippen LogP contribution in [-0.4, -0.2) is 38.0 Å². The molecule has 2 aromatic rings. The average Bonchev–Trinajstić information content (AvgIpc) is 2.72. The number of aliphatic imine (C=N–C) groups is 1. The molecule has 1 aliphatic carbocycles. The first-order valence-corrected chi connectivity index (χ1v) is 10.1. The van der Waals surface area contributed by atoms with Gasteiger partial charge in [-0.25, -0.2) is 0 Å². The molecule has 2 aliphatic rings. The van der Waals surface area contributed by atoms with E-state index in [-0.39, 0.29) is 24.0 Å². The molecule has 1 aliphatic heterocycles. The fourth-order valence-electron chi connectivity index (χ4n) is 4.43. The lowest BCUT2D eigenvalue weighted by molar-refractivity contribution is -0.148. The number of nitrogens with zero attached hydrogens (tertiary/aromatic N) is 1. The van der Waals surface area contributed by atoms with Crippen LogP contribution in [0.25, 0.3) is 0 Å². The molecule has 152 valence electrons. The van der Waals surface area contributed by atoms with Crippen LogP contribution in [0, 0.1) is 0 Å². The lowest BCUT2D eigenvalue weighted by Gasteiger charge is -2.38. The Hall–Kier alpha value is -2.53. The van der Waals surface area contributed by atoms with Gasteiger partial charge in [0.25, 0.3) is 0 Å². The SMILES string of the molecule is COc1cc2c(cc1OC)C1CC(OC(C)=O)CCC1N=C2c1ccc(Cl)cc1. The quantitative estimate of drug-likeness (QED) is 0.677. The minimum atomic E-state index is -0.234. The van der Waals surface area contributed by atoms with Crippen LogP contribution < -0.4 is 9.47 Å². The number of carbonyl (C=O) groups excluding carboxylic acids is 1. The van der Waals surface area contributed by atoms with E-state index in [0.29, 0.717) is 16.5 Å². The Labute approximate surface area is 175 Å². The second-order valence-corrected chi connectivity index (χ2v) is 7.93. The number of hydrogen-bond donors (Lipinski definition) is 0. The van der Waals surface area contributed by atoms with Crippen molar-refractivity contribution in [2.45, 2.75) is 44.2 Å². The van der Waals surface area contributed by atoms with Gasteiger partial charge < -0.3 is 14.2 Å². The number of methoxy groups -OCH3 is 2. The Morgan fingerprint density at radius 2 is 1.76 bits per heavy atom. The molecule has 1 saturated carbocycles. The van der Waals surface area contributed by atoms with Gasteiger partial charge in [0.15, 0.2) is 11.5 Å². The van der Waals surface area contributed by atoms with Gasteiger partial charge in [-0.05, 0) is 49.1 Å². The van der Waals surface area contributed by atoms with Crippen LogP contribution in [0.2, 0.25) is 5.02 Å². The summed E-state index contributed by atoms with van der Waals surface area (Å²) in [6, 6.07) is 11.9. The monoisotopic (exact) mass is 413 g/mol. The summed E-state index contributed by atoms with van der Waals surface area (Å²) in [7, 11) is 3.27. The van der Waals surface area contributed by atoms with Gasteiger partial charge in [-0.1, -0.05) is 23.7 Å². The van der Waals surface area contributed by atoms with Crippen LogP contribution in [0.1, 0.15) is 48.8 Å². The molecule has 1 heterocycles. The largest absolute Gasteiger partial charge is 0.493 e. The van der Waals surface area contributed by atoms with E-state index in [1.54, 1.807) is 14.2 Å². The van der Waals surface area contributed by atoms with Crippen LogP contribution >= 0.6 is 11.6 Å². The summed E-state index contributed by atoms with van der Waals surface area (Å²) < 4.78 is 16.6. The van der Waals surface area contributed by atoms with Gasteiger partial charge in [0.2, 0.25) is 0 Å². The van der Waals surface area contributed by atoms with E-state index in [0.717, 1.165) is 41.7 Å². The van der Waals surface area contributed by atoms with Crippen molar-refractivity contribution in [2.75, 3.05) is 14.2 Å². The summed E-state index contributed by atoms with van der Waals surface area (Å²) in [6.07, 6.45) is 2.36. The van der Waals surface area contributed by atoms with Crippen LogP contribution in [0.4, 0.5) is 0 Å². The lowest BCUT2D eigenvalue weighted by atomic mass is 9.74. The summed E-state index contributed by atoms with van der Waals surface area (Å²) in [5.41, 5.74) is 4.13. The van der Waals surface area contributed by atoms with Crippen molar-refractivity contribution in [1.29, 1.82) is 0 Å². The van der Waals surface area contributed by atoms with E-state index in [9.17, 15) is 4.79 Å². The van der Waals surface area contributed by atoms with Gasteiger partial charge in [-0.2, -0.15) is 0 Å². The normalized spacial score (nSPS) is 22.8. The predicted octanol–water partition coefficient (Wildman–Crippen LogP) is 4.78. The van der Waals surface area contributed by atoms with Gasteiger partial charge >= 0.3 is 5.97 Å². The number of carbonyl (C=O) groups is 1. The predicted molar refractivity (Wildman–Crippen MR) is 113 cm³/mol. The zero-order chi connectivity index (χ0) is 20.5. The molecule has 29 heavy (non-hydrogen) atoms. The number of fused-ring (bicyclic) bond motifs is 3. The summed E-state index contributed by atoms with van der Waals surface area (Å²) in [6.45, 7) is 1.46. The van der Waals surface area contributed by atoms with E-state index in [1.165, 1.54) is 6.92 Å². The molecule has 0 bridgehead atoms. The van der Waals surface area contributed by atoms with Gasteiger partial charge in [0, 0.05) is 29.0 Å². The second kappa shape index (κ2) is 8.07. The van der Waals surface area contributed by atoms with E-state index >= 15 is 0 Å². The van der Waals surface area contributed by atoms with Gasteiger partial charge in [-0.3, -0.25) is 9.79 Å². The van der Waals surface area contributed by atoms with Crippen molar-refractivity contribution in [1.82, 2.24) is 0 Å². The van der Waals surface area contributed by atoms with Gasteiger partial charge in [0.1, 0.15) is 6.10 Å². The number of rotatable bonds is 4. The third kappa shape index (κ3) is 3.84. The molecule has 0 N–H and O–H groups in total. The maximum absolute atomic E-state index is 11.5. The molecule has 3 atom stereocenters. The molecule has 2 aromatic carbocycles. The highest BCUT2D eigenvalue weighted by atomic mass is 35.5. The number of ether oxygens (including phenoxy) is 3. The first-order chi connectivity index (χ1) is 14.0. The van der Waals surface area contributed by atoms with E-state index in [1.807, 2.05) is 36.4 Å². The topological polar surface area (TPSA) is 57.1 Å². The fourth-order valence-corrected chi connectivity index (χ4v) is 4.55. The Balaban J connectivity index is 1.82. The Kier molecular flexibility index (Phi) is 5.50. The minimum absolute atomic E-state index is 0.0815. The average molecular weight is 414 g/mol. The van der Waals surface area contributed by atoms with E-state index in [4.69, 9.17) is 30.8 Å². The Morgan fingerprint density at radius 3 is 2.41 bits per heavy atom. The molecule has 0 spiro atoms. The highest BCUT2D eigenvalue weighted by molar-refractivity contribution is 6.30. The molecule has 5 nitrogen and oxygen atoms in total. The highest BCUT2D eigenvalue weighted by Gasteiger charge is 2.38. The van der Waals surface area contributed by atoms with Gasteiger partial charge in [0.05, 0.1) is 26.0 Å². The third-order valence-corrected chi connectivity index (χ3v) is 5.97. The van der Waals surface area contributed by atoms with Crippen molar-refractivity contribution in [2.24, 2.45) is 4.99 Å². The molecule has 6 heteroatoms. The Bertz CT molecular complexity index is 954. The van der Waals surface area contributed by atoms with Crippen molar-refractivity contribution in [3.8, 4) is 11.5 Å². The molecular formula is C23H24ClNO4. The Morgan fingerprint density at radius 1 is 1.07 bits per heavy atom.